The Morgan fingerprint density at radius 1 is 0.692 bits per heavy atom. The molecule has 0 aliphatic heterocycles. The summed E-state index contributed by atoms with van der Waals surface area (Å²) in [6, 6.07) is 0. The molecule has 0 amide bonds. The molecule has 0 saturated heterocycles. The zero-order valence-electron chi connectivity index (χ0n) is 9.94. The molecule has 0 bridgehead atoms. The smallest absolute Gasteiger partial charge is 0.0967 e. The highest BCUT2D eigenvalue weighted by atomic mass is 27.2. The third kappa shape index (κ3) is 8.85. The van der Waals surface area contributed by atoms with Gasteiger partial charge in [-0.1, -0.05) is 75.1 Å². The summed E-state index contributed by atoms with van der Waals surface area (Å²) in [4.78, 5) is 0. The van der Waals surface area contributed by atoms with Gasteiger partial charge in [0, 0.05) is 0 Å². The summed E-state index contributed by atoms with van der Waals surface area (Å²) in [5, 5.41) is 4.77. The van der Waals surface area contributed by atoms with E-state index in [2.05, 4.69) is 20.8 Å². The minimum atomic E-state index is -0.273. The predicted molar refractivity (Wildman–Crippen MR) is 64.9 cm³/mol. The van der Waals surface area contributed by atoms with Gasteiger partial charge in [-0.2, -0.15) is 0 Å². The summed E-state index contributed by atoms with van der Waals surface area (Å²) in [5.41, 5.74) is 0. The monoisotopic (exact) mass is 198 g/mol. The number of rotatable bonds is 9. The van der Waals surface area contributed by atoms with Gasteiger partial charge in [0.15, 0.2) is 0 Å². The fourth-order valence-corrected chi connectivity index (χ4v) is 4.86. The van der Waals surface area contributed by atoms with Crippen molar-refractivity contribution < 1.29 is 0 Å². The van der Waals surface area contributed by atoms with Crippen molar-refractivity contribution in [1.29, 1.82) is 0 Å². The molecule has 1 heteroatoms. The molecule has 0 fully saturated rings. The lowest BCUT2D eigenvalue weighted by molar-refractivity contribution is 0.696. The average Bonchev–Trinajstić information content (AvgIpc) is 2.17. The van der Waals surface area contributed by atoms with Crippen LogP contribution < -0.4 is 0 Å². The third-order valence-corrected chi connectivity index (χ3v) is 6.61. The van der Waals surface area contributed by atoms with E-state index >= 15 is 0 Å². The van der Waals surface area contributed by atoms with Gasteiger partial charge < -0.3 is 0 Å². The van der Waals surface area contributed by atoms with E-state index in [1.165, 1.54) is 43.8 Å². The van der Waals surface area contributed by atoms with Crippen molar-refractivity contribution in [2.24, 2.45) is 0 Å². The zero-order chi connectivity index (χ0) is 9.94. The maximum Gasteiger partial charge on any atom is 0.261 e. The molecule has 0 unspecified atom stereocenters. The SMILES string of the molecule is CCCCC[CH2][Al]([CH2]C)[CH2]CCC. The van der Waals surface area contributed by atoms with Crippen LogP contribution >= 0.6 is 0 Å². The van der Waals surface area contributed by atoms with E-state index in [1.807, 2.05) is 0 Å². The summed E-state index contributed by atoms with van der Waals surface area (Å²) >= 11 is -0.273. The Morgan fingerprint density at radius 3 is 1.85 bits per heavy atom. The number of unbranched alkanes of at least 4 members (excludes halogenated alkanes) is 4. The first-order valence-electron chi connectivity index (χ1n) is 6.35. The van der Waals surface area contributed by atoms with E-state index in [1.54, 1.807) is 10.6 Å². The lowest BCUT2D eigenvalue weighted by Gasteiger charge is -2.07. The van der Waals surface area contributed by atoms with Crippen LogP contribution in [-0.2, 0) is 0 Å². The van der Waals surface area contributed by atoms with Crippen molar-refractivity contribution in [2.45, 2.75) is 75.1 Å². The second kappa shape index (κ2) is 10.6. The highest BCUT2D eigenvalue weighted by Crippen LogP contribution is 2.14. The molecule has 0 aromatic heterocycles. The van der Waals surface area contributed by atoms with E-state index in [9.17, 15) is 0 Å². The Kier molecular flexibility index (Phi) is 11.0. The van der Waals surface area contributed by atoms with Gasteiger partial charge in [-0.15, -0.1) is 0 Å². The van der Waals surface area contributed by atoms with E-state index in [0.717, 1.165) is 0 Å². The highest BCUT2D eigenvalue weighted by molar-refractivity contribution is 6.58. The lowest BCUT2D eigenvalue weighted by atomic mass is 10.2. The largest absolute Gasteiger partial charge is 0.261 e. The van der Waals surface area contributed by atoms with Crippen LogP contribution in [-0.4, -0.2) is 14.1 Å². The predicted octanol–water partition coefficient (Wildman–Crippen LogP) is 4.88. The molecule has 0 N–H and O–H groups in total. The number of hydrogen-bond donors (Lipinski definition) is 0. The molecule has 0 aliphatic rings. The quantitative estimate of drug-likeness (QED) is 0.366. The van der Waals surface area contributed by atoms with Gasteiger partial charge in [-0.25, -0.2) is 0 Å². The normalized spacial score (nSPS) is 10.4. The molecule has 0 nitrogen and oxygen atoms in total. The standard InChI is InChI=1S/C6H13.C4H9.C2H5.Al/c1-3-5-6-4-2;1-3-4-2;1-2;/h1,3-6H2,2H3;1,3-4H2,2H3;1H2,2H3;. The summed E-state index contributed by atoms with van der Waals surface area (Å²) in [7, 11) is 0. The van der Waals surface area contributed by atoms with Gasteiger partial charge in [0.05, 0.1) is 0 Å². The molecule has 0 aliphatic carbocycles. The maximum absolute atomic E-state index is 2.41. The van der Waals surface area contributed by atoms with Crippen LogP contribution in [0.3, 0.4) is 0 Å². The average molecular weight is 198 g/mol. The molecule has 0 radical (unpaired) electrons. The molecule has 13 heavy (non-hydrogen) atoms. The van der Waals surface area contributed by atoms with Gasteiger partial charge >= 0.3 is 0 Å². The van der Waals surface area contributed by atoms with Crippen molar-refractivity contribution in [1.82, 2.24) is 0 Å². The van der Waals surface area contributed by atoms with Crippen LogP contribution in [0.15, 0.2) is 0 Å². The Balaban J connectivity index is 3.25. The minimum Gasteiger partial charge on any atom is -0.0967 e. The lowest BCUT2D eigenvalue weighted by Crippen LogP contribution is -2.09. The summed E-state index contributed by atoms with van der Waals surface area (Å²) in [6.07, 6.45) is 8.76. The van der Waals surface area contributed by atoms with Crippen molar-refractivity contribution in [3.63, 3.8) is 0 Å². The molecular formula is C12H27Al. The van der Waals surface area contributed by atoms with Crippen LogP contribution in [0.4, 0.5) is 0 Å². The Labute approximate surface area is 89.5 Å². The summed E-state index contributed by atoms with van der Waals surface area (Å²) in [5.74, 6) is 0. The summed E-state index contributed by atoms with van der Waals surface area (Å²) < 4.78 is 0. The number of hydrogen-bond acceptors (Lipinski definition) is 0. The molecule has 0 saturated carbocycles. The molecule has 0 heterocycles. The Bertz CT molecular complexity index is 91.1. The van der Waals surface area contributed by atoms with Gasteiger partial charge in [-0.3, -0.25) is 0 Å². The van der Waals surface area contributed by atoms with Crippen molar-refractivity contribution in [2.75, 3.05) is 0 Å². The first kappa shape index (κ1) is 13.5. The fraction of sp³-hybridized carbons (Fsp3) is 1.00. The first-order chi connectivity index (χ1) is 6.35. The molecule has 0 aromatic rings. The Morgan fingerprint density at radius 2 is 1.31 bits per heavy atom. The van der Waals surface area contributed by atoms with E-state index in [0.29, 0.717) is 0 Å². The van der Waals surface area contributed by atoms with Gasteiger partial charge in [0.2, 0.25) is 0 Å². The molecule has 0 aromatic carbocycles. The highest BCUT2D eigenvalue weighted by Gasteiger charge is 2.12. The second-order valence-corrected chi connectivity index (χ2v) is 7.97. The molecule has 0 spiro atoms. The van der Waals surface area contributed by atoms with Gasteiger partial charge in [-0.05, 0) is 0 Å². The maximum atomic E-state index is 2.41. The van der Waals surface area contributed by atoms with Crippen LogP contribution in [0.5, 0.6) is 0 Å². The van der Waals surface area contributed by atoms with E-state index in [-0.39, 0.29) is 14.1 Å². The molecule has 0 atom stereocenters. The van der Waals surface area contributed by atoms with Crippen molar-refractivity contribution in [3.8, 4) is 0 Å². The summed E-state index contributed by atoms with van der Waals surface area (Å²) in [6.45, 7) is 7.02. The minimum absolute atomic E-state index is 0.273. The molecule has 0 rings (SSSR count). The van der Waals surface area contributed by atoms with Gasteiger partial charge in [0.1, 0.15) is 0 Å². The van der Waals surface area contributed by atoms with Gasteiger partial charge in [0.25, 0.3) is 14.1 Å². The topological polar surface area (TPSA) is 0 Å². The fourth-order valence-electron chi connectivity index (χ4n) is 1.91. The van der Waals surface area contributed by atoms with Crippen LogP contribution in [0.25, 0.3) is 0 Å². The Hall–Kier alpha value is 0.532. The van der Waals surface area contributed by atoms with Crippen molar-refractivity contribution in [3.05, 3.63) is 0 Å². The van der Waals surface area contributed by atoms with E-state index < -0.39 is 0 Å². The van der Waals surface area contributed by atoms with Crippen LogP contribution in [0.2, 0.25) is 15.8 Å². The van der Waals surface area contributed by atoms with Crippen molar-refractivity contribution >= 4 is 14.1 Å². The van der Waals surface area contributed by atoms with Crippen LogP contribution in [0, 0.1) is 0 Å². The third-order valence-electron chi connectivity index (χ3n) is 3.01. The van der Waals surface area contributed by atoms with E-state index in [4.69, 9.17) is 0 Å². The zero-order valence-corrected chi connectivity index (χ0v) is 11.1. The second-order valence-electron chi connectivity index (χ2n) is 4.27. The van der Waals surface area contributed by atoms with Crippen LogP contribution in [0.1, 0.15) is 59.3 Å². The first-order valence-corrected chi connectivity index (χ1v) is 8.80. The molecule has 78 valence electrons. The molecular weight excluding hydrogens is 171 g/mol.